The molecule has 0 aliphatic heterocycles. The second-order valence-electron chi connectivity index (χ2n) is 9.21. The van der Waals surface area contributed by atoms with Gasteiger partial charge in [-0.3, -0.25) is 4.79 Å². The van der Waals surface area contributed by atoms with Gasteiger partial charge in [0, 0.05) is 44.8 Å². The maximum atomic E-state index is 13.5. The fourth-order valence-electron chi connectivity index (χ4n) is 6.28. The van der Waals surface area contributed by atoms with Crippen molar-refractivity contribution in [2.45, 2.75) is 53.4 Å². The fourth-order valence-corrected chi connectivity index (χ4v) is 6.60. The lowest BCUT2D eigenvalue weighted by molar-refractivity contribution is 0.103. The summed E-state index contributed by atoms with van der Waals surface area (Å²) in [4.78, 5) is 13.5. The number of benzene rings is 3. The van der Waals surface area contributed by atoms with Gasteiger partial charge in [-0.2, -0.15) is 0 Å². The van der Waals surface area contributed by atoms with E-state index < -0.39 is 0 Å². The van der Waals surface area contributed by atoms with Gasteiger partial charge >= 0.3 is 0 Å². The molecule has 0 radical (unpaired) electrons. The second kappa shape index (κ2) is 8.64. The van der Waals surface area contributed by atoms with Crippen LogP contribution in [0.1, 0.15) is 83.8 Å². The minimum absolute atomic E-state index is 0.118. The number of furan rings is 1. The summed E-state index contributed by atoms with van der Waals surface area (Å²) in [6.07, 6.45) is 7.62. The molecule has 0 spiro atoms. The van der Waals surface area contributed by atoms with Crippen LogP contribution in [0.25, 0.3) is 33.5 Å². The molecule has 3 aromatic carbocycles. The minimum Gasteiger partial charge on any atom is -0.460 e. The summed E-state index contributed by atoms with van der Waals surface area (Å²) in [6, 6.07) is 14.9. The van der Waals surface area contributed by atoms with Crippen LogP contribution in [0.4, 0.5) is 0 Å². The summed E-state index contributed by atoms with van der Waals surface area (Å²) in [5.74, 6) is 2.04. The van der Waals surface area contributed by atoms with Gasteiger partial charge in [0.25, 0.3) is 0 Å². The smallest absolute Gasteiger partial charge is 0.190 e. The molecule has 0 amide bonds. The van der Waals surface area contributed by atoms with Gasteiger partial charge in [-0.15, -0.1) is 0 Å². The summed E-state index contributed by atoms with van der Waals surface area (Å²) in [7, 11) is 0. The average molecular weight is 493 g/mol. The summed E-state index contributed by atoms with van der Waals surface area (Å²) in [5, 5.41) is 3.13. The third-order valence-electron chi connectivity index (χ3n) is 7.59. The van der Waals surface area contributed by atoms with Crippen LogP contribution >= 0.6 is 11.6 Å². The van der Waals surface area contributed by atoms with Gasteiger partial charge in [0.1, 0.15) is 11.5 Å². The molecule has 180 valence electrons. The van der Waals surface area contributed by atoms with Gasteiger partial charge in [-0.1, -0.05) is 75.7 Å². The number of allylic oxidation sites excluding steroid dienone is 2. The van der Waals surface area contributed by atoms with E-state index >= 15 is 0 Å². The average Bonchev–Trinajstić information content (AvgIpc) is 3.64. The van der Waals surface area contributed by atoms with E-state index in [9.17, 15) is 4.79 Å². The van der Waals surface area contributed by atoms with Gasteiger partial charge in [0.05, 0.1) is 0 Å². The predicted molar refractivity (Wildman–Crippen MR) is 150 cm³/mol. The number of halogens is 1. The molecule has 2 nitrogen and oxygen atoms in total. The molecule has 1 heterocycles. The fraction of sp³-hybridized carbons (Fsp3) is 0.242. The number of hydrogen-bond donors (Lipinski definition) is 0. The van der Waals surface area contributed by atoms with Crippen molar-refractivity contribution in [3.63, 3.8) is 0 Å². The lowest BCUT2D eigenvalue weighted by Crippen LogP contribution is -2.03. The lowest BCUT2D eigenvalue weighted by atomic mass is 9.88. The minimum atomic E-state index is 0.118. The largest absolute Gasteiger partial charge is 0.460 e. The molecule has 3 heteroatoms. The molecule has 0 atom stereocenters. The van der Waals surface area contributed by atoms with Crippen molar-refractivity contribution in [3.8, 4) is 11.1 Å². The van der Waals surface area contributed by atoms with Gasteiger partial charge in [-0.05, 0) is 70.5 Å². The SMILES string of the molecule is CC.CC.O=C1C2=C(c3c1cc(Cl)c1c3Cc3cc4ccccc4cc3-1)c1c(oc3c1CCC=C3)C2. The molecule has 0 fully saturated rings. The summed E-state index contributed by atoms with van der Waals surface area (Å²) in [6.45, 7) is 8.00. The Hall–Kier alpha value is -3.36. The van der Waals surface area contributed by atoms with Crippen molar-refractivity contribution in [2.75, 3.05) is 0 Å². The molecule has 0 saturated carbocycles. The van der Waals surface area contributed by atoms with Crippen LogP contribution in [0.5, 0.6) is 0 Å². The number of Topliss-reactive ketones (excluding diaryl/α,β-unsaturated/α-hetero) is 1. The lowest BCUT2D eigenvalue weighted by Gasteiger charge is -2.14. The molecule has 0 unspecified atom stereocenters. The standard InChI is InChI=1S/C29H17ClO2.2C2H6/c30-22-12-20-26(19-11-16-9-14-5-1-2-6-15(14)10-18(16)25(19)22)28-21(29(20)31)13-24-27(28)17-7-3-4-8-23(17)32-24;2*1-2/h1-2,4-6,8-10,12H,3,7,11,13H2;2*1-2H3. The maximum Gasteiger partial charge on any atom is 0.190 e. The highest BCUT2D eigenvalue weighted by atomic mass is 35.5. The van der Waals surface area contributed by atoms with Crippen molar-refractivity contribution in [1.29, 1.82) is 0 Å². The Kier molecular flexibility index (Phi) is 5.53. The van der Waals surface area contributed by atoms with Crippen LogP contribution in [0.3, 0.4) is 0 Å². The zero-order valence-corrected chi connectivity index (χ0v) is 22.0. The Morgan fingerprint density at radius 2 is 1.58 bits per heavy atom. The number of ketones is 1. The Morgan fingerprint density at radius 3 is 2.36 bits per heavy atom. The van der Waals surface area contributed by atoms with E-state index in [0.29, 0.717) is 11.4 Å². The van der Waals surface area contributed by atoms with Gasteiger partial charge < -0.3 is 4.42 Å². The second-order valence-corrected chi connectivity index (χ2v) is 9.62. The third-order valence-corrected chi connectivity index (χ3v) is 7.89. The number of fused-ring (bicyclic) bond motifs is 11. The Bertz CT molecular complexity index is 1640. The van der Waals surface area contributed by atoms with E-state index in [-0.39, 0.29) is 5.78 Å². The molecule has 36 heavy (non-hydrogen) atoms. The highest BCUT2D eigenvalue weighted by Gasteiger charge is 2.43. The van der Waals surface area contributed by atoms with Crippen LogP contribution in [0, 0.1) is 0 Å². The van der Waals surface area contributed by atoms with Gasteiger partial charge in [-0.25, -0.2) is 0 Å². The third kappa shape index (κ3) is 3.01. The predicted octanol–water partition coefficient (Wildman–Crippen LogP) is 9.22. The highest BCUT2D eigenvalue weighted by molar-refractivity contribution is 6.36. The van der Waals surface area contributed by atoms with Crippen molar-refractivity contribution < 1.29 is 9.21 Å². The molecular weight excluding hydrogens is 464 g/mol. The van der Waals surface area contributed by atoms with E-state index in [1.807, 2.05) is 33.8 Å². The molecule has 8 rings (SSSR count). The number of rotatable bonds is 0. The monoisotopic (exact) mass is 492 g/mol. The molecule has 4 aromatic rings. The Labute approximate surface area is 217 Å². The summed E-state index contributed by atoms with van der Waals surface area (Å²) < 4.78 is 6.20. The van der Waals surface area contributed by atoms with E-state index in [1.165, 1.54) is 38.6 Å². The maximum absolute atomic E-state index is 13.5. The molecule has 0 saturated heterocycles. The molecule has 1 aromatic heterocycles. The zero-order valence-electron chi connectivity index (χ0n) is 21.2. The van der Waals surface area contributed by atoms with Crippen molar-refractivity contribution >= 4 is 39.8 Å². The van der Waals surface area contributed by atoms with Crippen molar-refractivity contribution in [3.05, 3.63) is 104 Å². The highest BCUT2D eigenvalue weighted by Crippen LogP contribution is 2.55. The first kappa shape index (κ1) is 23.1. The van der Waals surface area contributed by atoms with Crippen LogP contribution in [0.15, 0.2) is 58.5 Å². The topological polar surface area (TPSA) is 30.2 Å². The van der Waals surface area contributed by atoms with E-state index in [4.69, 9.17) is 16.0 Å². The van der Waals surface area contributed by atoms with Crippen molar-refractivity contribution in [1.82, 2.24) is 0 Å². The molecule has 4 aliphatic carbocycles. The first-order valence-corrected chi connectivity index (χ1v) is 13.5. The quantitative estimate of drug-likeness (QED) is 0.215. The van der Waals surface area contributed by atoms with Crippen LogP contribution in [-0.2, 0) is 19.3 Å². The summed E-state index contributed by atoms with van der Waals surface area (Å²) >= 11 is 6.85. The Morgan fingerprint density at radius 1 is 0.833 bits per heavy atom. The number of carbonyl (C=O) groups is 1. The zero-order chi connectivity index (χ0) is 25.1. The van der Waals surface area contributed by atoms with E-state index in [1.54, 1.807) is 0 Å². The van der Waals surface area contributed by atoms with Crippen LogP contribution in [-0.4, -0.2) is 5.78 Å². The Balaban J connectivity index is 0.000000575. The number of hydrogen-bond acceptors (Lipinski definition) is 2. The molecular formula is C33H29ClO2. The number of carbonyl (C=O) groups excluding carboxylic acids is 1. The normalized spacial score (nSPS) is 15.3. The first-order chi connectivity index (χ1) is 17.7. The van der Waals surface area contributed by atoms with Crippen molar-refractivity contribution in [2.24, 2.45) is 0 Å². The van der Waals surface area contributed by atoms with Crippen LogP contribution in [0.2, 0.25) is 5.02 Å². The summed E-state index contributed by atoms with van der Waals surface area (Å²) in [5.41, 5.74) is 11.1. The van der Waals surface area contributed by atoms with Gasteiger partial charge in [0.15, 0.2) is 5.78 Å². The van der Waals surface area contributed by atoms with Crippen LogP contribution < -0.4 is 0 Å². The molecule has 4 aliphatic rings. The molecule has 0 bridgehead atoms. The first-order valence-electron chi connectivity index (χ1n) is 13.2. The van der Waals surface area contributed by atoms with Gasteiger partial charge in [0.2, 0.25) is 0 Å². The van der Waals surface area contributed by atoms with E-state index in [0.717, 1.165) is 58.6 Å². The molecule has 0 N–H and O–H groups in total. The van der Waals surface area contributed by atoms with E-state index in [2.05, 4.69) is 48.6 Å².